The second kappa shape index (κ2) is 6.02. The highest BCUT2D eigenvalue weighted by molar-refractivity contribution is 7.15. The van der Waals surface area contributed by atoms with Crippen LogP contribution in [0, 0.1) is 12.8 Å². The Morgan fingerprint density at radius 3 is 2.89 bits per heavy atom. The Kier molecular flexibility index (Phi) is 4.62. The molecular formula is C14H25N3S. The zero-order valence-electron chi connectivity index (χ0n) is 12.0. The number of aryl methyl sites for hydroxylation is 1. The number of thiazole rings is 1. The van der Waals surface area contributed by atoms with Crippen molar-refractivity contribution >= 4 is 16.5 Å². The third-order valence-electron chi connectivity index (χ3n) is 3.98. The third-order valence-corrected chi connectivity index (χ3v) is 5.22. The van der Waals surface area contributed by atoms with Crippen LogP contribution in [-0.2, 0) is 6.54 Å². The molecule has 1 aromatic rings. The topological polar surface area (TPSA) is 28.2 Å². The molecular weight excluding hydrogens is 242 g/mol. The van der Waals surface area contributed by atoms with Crippen molar-refractivity contribution in [2.75, 3.05) is 19.0 Å². The molecule has 2 rings (SSSR count). The van der Waals surface area contributed by atoms with Gasteiger partial charge in [-0.3, -0.25) is 0 Å². The molecule has 1 saturated carbocycles. The fraction of sp³-hybridized carbons (Fsp3) is 0.786. The van der Waals surface area contributed by atoms with Crippen LogP contribution in [0.3, 0.4) is 0 Å². The maximum atomic E-state index is 4.73. The van der Waals surface area contributed by atoms with E-state index in [1.54, 1.807) is 0 Å². The lowest BCUT2D eigenvalue weighted by atomic mass is 9.86. The van der Waals surface area contributed by atoms with Gasteiger partial charge in [0.25, 0.3) is 0 Å². The van der Waals surface area contributed by atoms with E-state index in [0.717, 1.165) is 12.5 Å². The Labute approximate surface area is 115 Å². The zero-order valence-corrected chi connectivity index (χ0v) is 12.8. The maximum absolute atomic E-state index is 4.73. The van der Waals surface area contributed by atoms with Gasteiger partial charge in [0.05, 0.1) is 5.69 Å². The monoisotopic (exact) mass is 267 g/mol. The summed E-state index contributed by atoms with van der Waals surface area (Å²) in [5.41, 5.74) is 1.18. The van der Waals surface area contributed by atoms with Crippen LogP contribution in [0.1, 0.15) is 43.2 Å². The van der Waals surface area contributed by atoms with Gasteiger partial charge in [-0.15, -0.1) is 11.3 Å². The molecule has 2 atom stereocenters. The first-order valence-electron chi connectivity index (χ1n) is 6.95. The first kappa shape index (κ1) is 13.8. The standard InChI is InChI=1S/C14H25N3S/c1-10-6-5-7-12(8-10)17(4)14-16-11(2)13(18-14)9-15-3/h10,12,15H,5-9H2,1-4H3. The minimum atomic E-state index is 0.682. The van der Waals surface area contributed by atoms with Gasteiger partial charge in [0.2, 0.25) is 0 Å². The number of rotatable bonds is 4. The predicted octanol–water partition coefficient (Wildman–Crippen LogP) is 3.19. The van der Waals surface area contributed by atoms with Crippen molar-refractivity contribution < 1.29 is 0 Å². The van der Waals surface area contributed by atoms with E-state index in [-0.39, 0.29) is 0 Å². The fourth-order valence-corrected chi connectivity index (χ4v) is 3.90. The lowest BCUT2D eigenvalue weighted by Crippen LogP contribution is -2.35. The van der Waals surface area contributed by atoms with E-state index >= 15 is 0 Å². The van der Waals surface area contributed by atoms with Crippen molar-refractivity contribution in [2.24, 2.45) is 5.92 Å². The number of anilines is 1. The van der Waals surface area contributed by atoms with Crippen molar-refractivity contribution in [1.82, 2.24) is 10.3 Å². The van der Waals surface area contributed by atoms with E-state index in [9.17, 15) is 0 Å². The highest BCUT2D eigenvalue weighted by Gasteiger charge is 2.24. The molecule has 1 fully saturated rings. The summed E-state index contributed by atoms with van der Waals surface area (Å²) in [6.07, 6.45) is 5.40. The molecule has 0 saturated heterocycles. The van der Waals surface area contributed by atoms with Crippen LogP contribution in [0.25, 0.3) is 0 Å². The van der Waals surface area contributed by atoms with Gasteiger partial charge in [-0.1, -0.05) is 19.8 Å². The highest BCUT2D eigenvalue weighted by atomic mass is 32.1. The molecule has 0 amide bonds. The Morgan fingerprint density at radius 1 is 1.44 bits per heavy atom. The number of hydrogen-bond acceptors (Lipinski definition) is 4. The summed E-state index contributed by atoms with van der Waals surface area (Å²) in [6, 6.07) is 0.682. The summed E-state index contributed by atoms with van der Waals surface area (Å²) in [5.74, 6) is 0.865. The maximum Gasteiger partial charge on any atom is 0.185 e. The molecule has 102 valence electrons. The van der Waals surface area contributed by atoms with E-state index < -0.39 is 0 Å². The summed E-state index contributed by atoms with van der Waals surface area (Å²) in [4.78, 5) is 8.51. The van der Waals surface area contributed by atoms with Gasteiger partial charge >= 0.3 is 0 Å². The van der Waals surface area contributed by atoms with Crippen molar-refractivity contribution in [3.8, 4) is 0 Å². The summed E-state index contributed by atoms with van der Waals surface area (Å²) >= 11 is 1.84. The molecule has 1 aliphatic carbocycles. The SMILES string of the molecule is CNCc1sc(N(C)C2CCCC(C)C2)nc1C. The van der Waals surface area contributed by atoms with E-state index in [0.29, 0.717) is 6.04 Å². The normalized spacial score (nSPS) is 24.2. The molecule has 1 aliphatic rings. The smallest absolute Gasteiger partial charge is 0.185 e. The zero-order chi connectivity index (χ0) is 13.1. The van der Waals surface area contributed by atoms with Gasteiger partial charge in [-0.25, -0.2) is 4.98 Å². The average molecular weight is 267 g/mol. The Hall–Kier alpha value is -0.610. The molecule has 0 radical (unpaired) electrons. The first-order chi connectivity index (χ1) is 8.61. The number of hydrogen-bond donors (Lipinski definition) is 1. The minimum Gasteiger partial charge on any atom is -0.348 e. The van der Waals surface area contributed by atoms with Crippen LogP contribution >= 0.6 is 11.3 Å². The molecule has 0 aromatic carbocycles. The summed E-state index contributed by atoms with van der Waals surface area (Å²) in [7, 11) is 4.20. The molecule has 0 spiro atoms. The molecule has 0 bridgehead atoms. The first-order valence-corrected chi connectivity index (χ1v) is 7.77. The largest absolute Gasteiger partial charge is 0.348 e. The minimum absolute atomic E-state index is 0.682. The number of aromatic nitrogens is 1. The Balaban J connectivity index is 2.07. The average Bonchev–Trinajstić information content (AvgIpc) is 2.71. The second-order valence-electron chi connectivity index (χ2n) is 5.57. The van der Waals surface area contributed by atoms with Crippen LogP contribution in [0.4, 0.5) is 5.13 Å². The quantitative estimate of drug-likeness (QED) is 0.908. The lowest BCUT2D eigenvalue weighted by molar-refractivity contribution is 0.336. The second-order valence-corrected chi connectivity index (χ2v) is 6.63. The van der Waals surface area contributed by atoms with Crippen LogP contribution in [0.15, 0.2) is 0 Å². The van der Waals surface area contributed by atoms with Crippen molar-refractivity contribution in [2.45, 2.75) is 52.1 Å². The van der Waals surface area contributed by atoms with Gasteiger partial charge in [-0.05, 0) is 32.7 Å². The van der Waals surface area contributed by atoms with Gasteiger partial charge < -0.3 is 10.2 Å². The van der Waals surface area contributed by atoms with Gasteiger partial charge in [-0.2, -0.15) is 0 Å². The fourth-order valence-electron chi connectivity index (χ4n) is 2.80. The van der Waals surface area contributed by atoms with Gasteiger partial charge in [0, 0.05) is 24.5 Å². The summed E-state index contributed by atoms with van der Waals surface area (Å²) in [6.45, 7) is 5.42. The van der Waals surface area contributed by atoms with E-state index in [2.05, 4.69) is 31.1 Å². The lowest BCUT2D eigenvalue weighted by Gasteiger charge is -2.33. The van der Waals surface area contributed by atoms with Crippen molar-refractivity contribution in [3.63, 3.8) is 0 Å². The van der Waals surface area contributed by atoms with Crippen molar-refractivity contribution in [1.29, 1.82) is 0 Å². The molecule has 0 aliphatic heterocycles. The van der Waals surface area contributed by atoms with Crippen LogP contribution in [0.2, 0.25) is 0 Å². The molecule has 3 nitrogen and oxygen atoms in total. The van der Waals surface area contributed by atoms with E-state index in [1.807, 2.05) is 18.4 Å². The van der Waals surface area contributed by atoms with Crippen LogP contribution < -0.4 is 10.2 Å². The summed E-state index contributed by atoms with van der Waals surface area (Å²) < 4.78 is 0. The number of nitrogens with zero attached hydrogens (tertiary/aromatic N) is 2. The molecule has 1 N–H and O–H groups in total. The summed E-state index contributed by atoms with van der Waals surface area (Å²) in [5, 5.41) is 4.41. The van der Waals surface area contributed by atoms with Crippen molar-refractivity contribution in [3.05, 3.63) is 10.6 Å². The Bertz CT molecular complexity index is 388. The molecule has 18 heavy (non-hydrogen) atoms. The van der Waals surface area contributed by atoms with Gasteiger partial charge in [0.15, 0.2) is 5.13 Å². The molecule has 1 aromatic heterocycles. The van der Waals surface area contributed by atoms with E-state index in [4.69, 9.17) is 4.98 Å². The highest BCUT2D eigenvalue weighted by Crippen LogP contribution is 2.32. The van der Waals surface area contributed by atoms with E-state index in [1.165, 1.54) is 41.4 Å². The van der Waals surface area contributed by atoms with Crippen LogP contribution in [-0.4, -0.2) is 25.1 Å². The van der Waals surface area contributed by atoms with Gasteiger partial charge in [0.1, 0.15) is 0 Å². The Morgan fingerprint density at radius 2 is 2.22 bits per heavy atom. The third kappa shape index (κ3) is 3.04. The predicted molar refractivity (Wildman–Crippen MR) is 79.4 cm³/mol. The molecule has 2 unspecified atom stereocenters. The number of nitrogens with one attached hydrogen (secondary N) is 1. The van der Waals surface area contributed by atoms with Crippen LogP contribution in [0.5, 0.6) is 0 Å². The molecule has 1 heterocycles. The molecule has 4 heteroatoms.